The Balaban J connectivity index is 0.00000187. The van der Waals surface area contributed by atoms with Crippen LogP contribution in [0.2, 0.25) is 10.0 Å². The molecule has 0 spiro atoms. The maximum Gasteiger partial charge on any atom is 0.341 e. The summed E-state index contributed by atoms with van der Waals surface area (Å²) in [6.45, 7) is 6.29. The number of ether oxygens (including phenoxy) is 1. The van der Waals surface area contributed by atoms with Crippen LogP contribution in [0.15, 0.2) is 42.5 Å². The van der Waals surface area contributed by atoms with E-state index >= 15 is 0 Å². The van der Waals surface area contributed by atoms with Gasteiger partial charge >= 0.3 is 5.97 Å². The Morgan fingerprint density at radius 3 is 2.42 bits per heavy atom. The van der Waals surface area contributed by atoms with E-state index in [0.717, 1.165) is 37.1 Å². The Labute approximate surface area is 206 Å². The predicted molar refractivity (Wildman–Crippen MR) is 132 cm³/mol. The summed E-state index contributed by atoms with van der Waals surface area (Å²) in [7, 11) is 1.80. The molecule has 1 saturated heterocycles. The molecule has 2 aromatic carbocycles. The van der Waals surface area contributed by atoms with E-state index < -0.39 is 12.6 Å². The second kappa shape index (κ2) is 13.4. The zero-order valence-electron chi connectivity index (χ0n) is 19.4. The molecule has 8 heteroatoms. The van der Waals surface area contributed by atoms with Crippen LogP contribution in [-0.4, -0.2) is 60.1 Å². The largest absolute Gasteiger partial charge is 0.482 e. The second-order valence-electron chi connectivity index (χ2n) is 7.71. The monoisotopic (exact) mass is 494 g/mol. The van der Waals surface area contributed by atoms with Gasteiger partial charge in [0.15, 0.2) is 6.61 Å². The number of rotatable bonds is 9. The van der Waals surface area contributed by atoms with Crippen LogP contribution >= 0.6 is 23.2 Å². The number of hydrogen-bond acceptors (Lipinski definition) is 4. The van der Waals surface area contributed by atoms with E-state index in [1.54, 1.807) is 36.2 Å². The Morgan fingerprint density at radius 2 is 1.79 bits per heavy atom. The number of carbonyl (C=O) groups excluding carboxylic acids is 1. The van der Waals surface area contributed by atoms with Crippen molar-refractivity contribution < 1.29 is 19.4 Å². The smallest absolute Gasteiger partial charge is 0.341 e. The molecule has 0 aromatic heterocycles. The third-order valence-corrected chi connectivity index (χ3v) is 6.17. The molecule has 0 radical (unpaired) electrons. The summed E-state index contributed by atoms with van der Waals surface area (Å²) < 4.78 is 5.34. The fourth-order valence-corrected chi connectivity index (χ4v) is 4.06. The number of amides is 1. The number of carboxylic acids is 1. The lowest BCUT2D eigenvalue weighted by molar-refractivity contribution is -0.139. The van der Waals surface area contributed by atoms with Crippen molar-refractivity contribution in [3.63, 3.8) is 0 Å². The van der Waals surface area contributed by atoms with Crippen LogP contribution < -0.4 is 4.74 Å². The zero-order chi connectivity index (χ0) is 24.4. The normalized spacial score (nSPS) is 14.2. The molecule has 3 rings (SSSR count). The highest BCUT2D eigenvalue weighted by Gasteiger charge is 2.26. The summed E-state index contributed by atoms with van der Waals surface area (Å²) in [4.78, 5) is 28.0. The fraction of sp³-hybridized carbons (Fsp3) is 0.440. The maximum atomic E-state index is 13.1. The van der Waals surface area contributed by atoms with Crippen LogP contribution in [0.25, 0.3) is 0 Å². The number of carboxylic acid groups (broad SMARTS) is 1. The average molecular weight is 495 g/mol. The van der Waals surface area contributed by atoms with Crippen molar-refractivity contribution >= 4 is 35.1 Å². The quantitative estimate of drug-likeness (QED) is 0.510. The molecule has 33 heavy (non-hydrogen) atoms. The molecular formula is C25H32Cl2N2O4. The molecule has 1 atom stereocenters. The van der Waals surface area contributed by atoms with E-state index in [0.29, 0.717) is 22.3 Å². The first-order valence-corrected chi connectivity index (χ1v) is 12.0. The van der Waals surface area contributed by atoms with Gasteiger partial charge in [0.25, 0.3) is 0 Å². The van der Waals surface area contributed by atoms with Crippen LogP contribution in [0.4, 0.5) is 0 Å². The maximum absolute atomic E-state index is 13.1. The molecule has 1 heterocycles. The summed E-state index contributed by atoms with van der Waals surface area (Å²) in [5.74, 6) is -0.607. The molecule has 1 fully saturated rings. The molecule has 0 aliphatic carbocycles. The Morgan fingerprint density at radius 1 is 1.09 bits per heavy atom. The molecule has 0 saturated carbocycles. The molecule has 1 N–H and O–H groups in total. The number of nitrogens with zero attached hydrogens (tertiary/aromatic N) is 2. The van der Waals surface area contributed by atoms with Gasteiger partial charge in [-0.15, -0.1) is 0 Å². The van der Waals surface area contributed by atoms with Crippen LogP contribution in [-0.2, 0) is 16.0 Å². The van der Waals surface area contributed by atoms with Crippen molar-refractivity contribution in [2.24, 2.45) is 0 Å². The van der Waals surface area contributed by atoms with Crippen molar-refractivity contribution in [1.82, 2.24) is 9.80 Å². The molecule has 0 bridgehead atoms. The Bertz CT molecular complexity index is 932. The van der Waals surface area contributed by atoms with Gasteiger partial charge in [-0.2, -0.15) is 0 Å². The lowest BCUT2D eigenvalue weighted by atomic mass is 10.0. The molecule has 6 nitrogen and oxygen atoms in total. The highest BCUT2D eigenvalue weighted by molar-refractivity contribution is 6.42. The number of aliphatic carboxylic acids is 1. The highest BCUT2D eigenvalue weighted by Crippen LogP contribution is 2.28. The molecule has 1 aliphatic rings. The predicted octanol–water partition coefficient (Wildman–Crippen LogP) is 5.32. The molecule has 1 unspecified atom stereocenters. The van der Waals surface area contributed by atoms with Gasteiger partial charge in [0, 0.05) is 13.6 Å². The number of carbonyl (C=O) groups is 2. The number of likely N-dealkylation sites (N-methyl/N-ethyl adjacent to an activating group) is 1. The topological polar surface area (TPSA) is 70.1 Å². The Kier molecular flexibility index (Phi) is 11.0. The number of hydrogen-bond donors (Lipinski definition) is 1. The third kappa shape index (κ3) is 8.22. The van der Waals surface area contributed by atoms with E-state index in [2.05, 4.69) is 4.90 Å². The first-order chi connectivity index (χ1) is 15.8. The average Bonchev–Trinajstić information content (AvgIpc) is 3.33. The molecule has 180 valence electrons. The van der Waals surface area contributed by atoms with E-state index in [4.69, 9.17) is 33.0 Å². The second-order valence-corrected chi connectivity index (χ2v) is 8.52. The van der Waals surface area contributed by atoms with E-state index in [9.17, 15) is 9.59 Å². The number of halogens is 2. The van der Waals surface area contributed by atoms with Gasteiger partial charge in [-0.05, 0) is 61.3 Å². The van der Waals surface area contributed by atoms with Crippen molar-refractivity contribution in [3.05, 3.63) is 63.6 Å². The summed E-state index contributed by atoms with van der Waals surface area (Å²) >= 11 is 12.1. The minimum Gasteiger partial charge on any atom is -0.482 e. The molecular weight excluding hydrogens is 463 g/mol. The lowest BCUT2D eigenvalue weighted by Crippen LogP contribution is -2.39. The molecule has 1 aliphatic heterocycles. The summed E-state index contributed by atoms with van der Waals surface area (Å²) in [6.07, 6.45) is 2.50. The van der Waals surface area contributed by atoms with Gasteiger partial charge in [-0.1, -0.05) is 55.2 Å². The van der Waals surface area contributed by atoms with Crippen LogP contribution in [0, 0.1) is 0 Å². The Hall–Kier alpha value is -2.28. The molecule has 1 amide bonds. The van der Waals surface area contributed by atoms with E-state index in [-0.39, 0.29) is 18.4 Å². The summed E-state index contributed by atoms with van der Waals surface area (Å²) in [5.41, 5.74) is 1.70. The van der Waals surface area contributed by atoms with Crippen molar-refractivity contribution in [2.75, 3.05) is 33.3 Å². The van der Waals surface area contributed by atoms with Crippen molar-refractivity contribution in [3.8, 4) is 5.75 Å². The summed E-state index contributed by atoms with van der Waals surface area (Å²) in [5, 5.41) is 9.76. The van der Waals surface area contributed by atoms with Gasteiger partial charge in [0.05, 0.1) is 22.5 Å². The minimum absolute atomic E-state index is 0.0422. The summed E-state index contributed by atoms with van der Waals surface area (Å²) in [6, 6.07) is 12.3. The van der Waals surface area contributed by atoms with Crippen LogP contribution in [0.1, 0.15) is 43.9 Å². The lowest BCUT2D eigenvalue weighted by Gasteiger charge is -2.32. The van der Waals surface area contributed by atoms with Gasteiger partial charge in [0.1, 0.15) is 5.75 Å². The van der Waals surface area contributed by atoms with Gasteiger partial charge in [0.2, 0.25) is 5.91 Å². The first kappa shape index (κ1) is 27.0. The van der Waals surface area contributed by atoms with Crippen LogP contribution in [0.5, 0.6) is 5.75 Å². The minimum atomic E-state index is -1.03. The number of benzene rings is 2. The van der Waals surface area contributed by atoms with Gasteiger partial charge in [-0.3, -0.25) is 4.79 Å². The van der Waals surface area contributed by atoms with Crippen LogP contribution in [0.3, 0.4) is 0 Å². The fourth-order valence-electron chi connectivity index (χ4n) is 3.74. The number of likely N-dealkylation sites (tertiary alicyclic amines) is 1. The van der Waals surface area contributed by atoms with Crippen molar-refractivity contribution in [1.29, 1.82) is 0 Å². The molecule has 2 aromatic rings. The van der Waals surface area contributed by atoms with E-state index in [1.807, 2.05) is 32.0 Å². The third-order valence-electron chi connectivity index (χ3n) is 5.44. The first-order valence-electron chi connectivity index (χ1n) is 11.2. The standard InChI is InChI=1S/C23H26Cl2N2O4.C2H6/c1-26(22(28)12-16-7-8-19(24)20(25)11-16)21(14-27-9-2-3-10-27)17-5-4-6-18(13-17)31-15-23(29)30;1-2/h4-8,11,13,21H,2-3,9-10,12,14-15H2,1H3,(H,29,30);1-2H3. The van der Waals surface area contributed by atoms with Gasteiger partial charge < -0.3 is 19.6 Å². The van der Waals surface area contributed by atoms with E-state index in [1.165, 1.54) is 0 Å². The highest BCUT2D eigenvalue weighted by atomic mass is 35.5. The SMILES string of the molecule is CC.CN(C(=O)Cc1ccc(Cl)c(Cl)c1)C(CN1CCCC1)c1cccc(OCC(=O)O)c1. The van der Waals surface area contributed by atoms with Crippen molar-refractivity contribution in [2.45, 2.75) is 39.2 Å². The van der Waals surface area contributed by atoms with Gasteiger partial charge in [-0.25, -0.2) is 4.79 Å². The zero-order valence-corrected chi connectivity index (χ0v) is 20.9.